The van der Waals surface area contributed by atoms with Crippen molar-refractivity contribution in [2.75, 3.05) is 20.3 Å². The lowest BCUT2D eigenvalue weighted by Crippen LogP contribution is -2.39. The van der Waals surface area contributed by atoms with E-state index in [2.05, 4.69) is 4.72 Å². The predicted molar refractivity (Wildman–Crippen MR) is 74.1 cm³/mol. The molecule has 0 aliphatic carbocycles. The summed E-state index contributed by atoms with van der Waals surface area (Å²) in [5.41, 5.74) is -0.108. The lowest BCUT2D eigenvalue weighted by Gasteiger charge is -2.23. The molecule has 1 aliphatic heterocycles. The van der Waals surface area contributed by atoms with Crippen LogP contribution in [0.4, 0.5) is 0 Å². The van der Waals surface area contributed by atoms with Crippen LogP contribution in [-0.4, -0.2) is 45.9 Å². The Hall–Kier alpha value is -1.64. The summed E-state index contributed by atoms with van der Waals surface area (Å²) in [4.78, 5) is 10.8. The number of ether oxygens (including phenoxy) is 2. The van der Waals surface area contributed by atoms with Gasteiger partial charge in [-0.15, -0.1) is 0 Å². The van der Waals surface area contributed by atoms with Gasteiger partial charge in [-0.2, -0.15) is 0 Å². The van der Waals surface area contributed by atoms with Crippen molar-refractivity contribution in [1.29, 1.82) is 0 Å². The molecule has 1 aliphatic rings. The molecule has 1 fully saturated rings. The monoisotopic (exact) mass is 315 g/mol. The maximum atomic E-state index is 12.4. The highest BCUT2D eigenvalue weighted by atomic mass is 32.2. The van der Waals surface area contributed by atoms with Crippen LogP contribution in [0.3, 0.4) is 0 Å². The van der Waals surface area contributed by atoms with Crippen LogP contribution in [0.15, 0.2) is 23.1 Å². The van der Waals surface area contributed by atoms with Gasteiger partial charge in [-0.05, 0) is 31.0 Å². The Balaban J connectivity index is 2.32. The van der Waals surface area contributed by atoms with Gasteiger partial charge in [0.15, 0.2) is 0 Å². The number of rotatable bonds is 5. The number of benzene rings is 1. The van der Waals surface area contributed by atoms with E-state index in [0.717, 1.165) is 6.07 Å². The molecular weight excluding hydrogens is 298 g/mol. The Bertz CT molecular complexity index is 622. The summed E-state index contributed by atoms with van der Waals surface area (Å²) in [5.74, 6) is -1.08. The van der Waals surface area contributed by atoms with Gasteiger partial charge in [0.1, 0.15) is 10.6 Å². The second-order valence-corrected chi connectivity index (χ2v) is 6.36. The van der Waals surface area contributed by atoms with Crippen molar-refractivity contribution in [3.63, 3.8) is 0 Å². The fourth-order valence-electron chi connectivity index (χ4n) is 2.12. The summed E-state index contributed by atoms with van der Waals surface area (Å²) < 4.78 is 37.6. The first-order valence-corrected chi connectivity index (χ1v) is 7.94. The standard InChI is InChI=1S/C13H17NO6S/c1-19-11-3-2-9(13(15)16)8-12(11)21(17,18)14-10-4-6-20-7-5-10/h2-3,8,10,14H,4-7H2,1H3,(H,15,16). The molecule has 1 aromatic carbocycles. The van der Waals surface area contributed by atoms with Crippen molar-refractivity contribution in [2.45, 2.75) is 23.8 Å². The lowest BCUT2D eigenvalue weighted by atomic mass is 10.1. The largest absolute Gasteiger partial charge is 0.495 e. The van der Waals surface area contributed by atoms with E-state index in [9.17, 15) is 13.2 Å². The SMILES string of the molecule is COc1ccc(C(=O)O)cc1S(=O)(=O)NC1CCOCC1. The summed E-state index contributed by atoms with van der Waals surface area (Å²) >= 11 is 0. The smallest absolute Gasteiger partial charge is 0.335 e. The van der Waals surface area contributed by atoms with Gasteiger partial charge in [0.2, 0.25) is 10.0 Å². The zero-order valence-electron chi connectivity index (χ0n) is 11.5. The molecule has 116 valence electrons. The molecule has 0 bridgehead atoms. The van der Waals surface area contributed by atoms with Crippen LogP contribution >= 0.6 is 0 Å². The van der Waals surface area contributed by atoms with Crippen molar-refractivity contribution in [3.8, 4) is 5.75 Å². The van der Waals surface area contributed by atoms with Gasteiger partial charge < -0.3 is 14.6 Å². The number of sulfonamides is 1. The first kappa shape index (κ1) is 15.7. The van der Waals surface area contributed by atoms with Gasteiger partial charge in [-0.1, -0.05) is 0 Å². The predicted octanol–water partition coefficient (Wildman–Crippen LogP) is 0.851. The number of carbonyl (C=O) groups is 1. The molecule has 0 amide bonds. The van der Waals surface area contributed by atoms with E-state index in [0.29, 0.717) is 26.1 Å². The van der Waals surface area contributed by atoms with Gasteiger partial charge in [0.05, 0.1) is 12.7 Å². The Labute approximate surface area is 122 Å². The molecule has 0 radical (unpaired) electrons. The van der Waals surface area contributed by atoms with Crippen LogP contribution in [0.2, 0.25) is 0 Å². The Morgan fingerprint density at radius 3 is 2.62 bits per heavy atom. The van der Waals surface area contributed by atoms with Crippen LogP contribution in [0.1, 0.15) is 23.2 Å². The molecule has 1 saturated heterocycles. The normalized spacial score (nSPS) is 16.6. The van der Waals surface area contributed by atoms with E-state index < -0.39 is 16.0 Å². The molecule has 0 saturated carbocycles. The van der Waals surface area contributed by atoms with Crippen molar-refractivity contribution >= 4 is 16.0 Å². The maximum Gasteiger partial charge on any atom is 0.335 e. The van der Waals surface area contributed by atoms with Crippen molar-refractivity contribution < 1.29 is 27.8 Å². The van der Waals surface area contributed by atoms with Crippen LogP contribution in [0.5, 0.6) is 5.75 Å². The molecule has 7 nitrogen and oxygen atoms in total. The quantitative estimate of drug-likeness (QED) is 0.835. The van der Waals surface area contributed by atoms with Gasteiger partial charge in [0, 0.05) is 19.3 Å². The number of carboxylic acids is 1. The van der Waals surface area contributed by atoms with E-state index in [1.165, 1.54) is 19.2 Å². The number of hydrogen-bond acceptors (Lipinski definition) is 5. The van der Waals surface area contributed by atoms with Crippen molar-refractivity contribution in [3.05, 3.63) is 23.8 Å². The topological polar surface area (TPSA) is 102 Å². The molecule has 8 heteroatoms. The molecule has 0 atom stereocenters. The average molecular weight is 315 g/mol. The molecule has 1 aromatic rings. The molecule has 21 heavy (non-hydrogen) atoms. The summed E-state index contributed by atoms with van der Waals surface area (Å²) in [6.07, 6.45) is 1.17. The number of methoxy groups -OCH3 is 1. The van der Waals surface area contributed by atoms with Crippen molar-refractivity contribution in [2.24, 2.45) is 0 Å². The van der Waals surface area contributed by atoms with E-state index in [-0.39, 0.29) is 22.3 Å². The average Bonchev–Trinajstić information content (AvgIpc) is 2.47. The van der Waals surface area contributed by atoms with E-state index in [1.54, 1.807) is 0 Å². The minimum Gasteiger partial charge on any atom is -0.495 e. The first-order chi connectivity index (χ1) is 9.94. The van der Waals surface area contributed by atoms with E-state index in [4.69, 9.17) is 14.6 Å². The van der Waals surface area contributed by atoms with Crippen molar-refractivity contribution in [1.82, 2.24) is 4.72 Å². The third-order valence-electron chi connectivity index (χ3n) is 3.24. The van der Waals surface area contributed by atoms with Crippen LogP contribution < -0.4 is 9.46 Å². The molecule has 0 spiro atoms. The molecular formula is C13H17NO6S. The fraction of sp³-hybridized carbons (Fsp3) is 0.462. The molecule has 0 aromatic heterocycles. The fourth-order valence-corrected chi connectivity index (χ4v) is 3.62. The van der Waals surface area contributed by atoms with Gasteiger partial charge in [-0.25, -0.2) is 17.9 Å². The first-order valence-electron chi connectivity index (χ1n) is 6.45. The number of carboxylic acid groups (broad SMARTS) is 1. The highest BCUT2D eigenvalue weighted by Crippen LogP contribution is 2.25. The number of hydrogen-bond donors (Lipinski definition) is 2. The van der Waals surface area contributed by atoms with Crippen LogP contribution in [0.25, 0.3) is 0 Å². The van der Waals surface area contributed by atoms with Crippen LogP contribution in [-0.2, 0) is 14.8 Å². The Morgan fingerprint density at radius 2 is 2.05 bits per heavy atom. The third-order valence-corrected chi connectivity index (χ3v) is 4.78. The summed E-state index contributed by atoms with van der Waals surface area (Å²) in [5, 5.41) is 8.99. The molecule has 0 unspecified atom stereocenters. The maximum absolute atomic E-state index is 12.4. The third kappa shape index (κ3) is 3.72. The van der Waals surface area contributed by atoms with Gasteiger partial charge in [0.25, 0.3) is 0 Å². The zero-order valence-corrected chi connectivity index (χ0v) is 12.4. The second kappa shape index (κ2) is 6.42. The summed E-state index contributed by atoms with van der Waals surface area (Å²) in [6, 6.07) is 3.52. The Kier molecular flexibility index (Phi) is 4.81. The van der Waals surface area contributed by atoms with E-state index >= 15 is 0 Å². The molecule has 1 heterocycles. The number of nitrogens with one attached hydrogen (secondary N) is 1. The summed E-state index contributed by atoms with van der Waals surface area (Å²) in [6.45, 7) is 0.999. The molecule has 2 rings (SSSR count). The second-order valence-electron chi connectivity index (χ2n) is 4.68. The minimum absolute atomic E-state index is 0.108. The Morgan fingerprint density at radius 1 is 1.38 bits per heavy atom. The lowest BCUT2D eigenvalue weighted by molar-refractivity contribution is 0.0696. The zero-order chi connectivity index (χ0) is 15.5. The highest BCUT2D eigenvalue weighted by molar-refractivity contribution is 7.89. The minimum atomic E-state index is -3.85. The summed E-state index contributed by atoms with van der Waals surface area (Å²) in [7, 11) is -2.52. The van der Waals surface area contributed by atoms with Crippen LogP contribution in [0, 0.1) is 0 Å². The highest BCUT2D eigenvalue weighted by Gasteiger charge is 2.26. The van der Waals surface area contributed by atoms with Gasteiger partial charge >= 0.3 is 5.97 Å². The van der Waals surface area contributed by atoms with Gasteiger partial charge in [-0.3, -0.25) is 0 Å². The molecule has 2 N–H and O–H groups in total. The number of aromatic carboxylic acids is 1. The van der Waals surface area contributed by atoms with E-state index in [1.807, 2.05) is 0 Å².